The highest BCUT2D eigenvalue weighted by Crippen LogP contribution is 2.23. The van der Waals surface area contributed by atoms with Crippen LogP contribution >= 0.6 is 0 Å². The normalized spacial score (nSPS) is 14.5. The number of carboxylic acid groups (broad SMARTS) is 1. The lowest BCUT2D eigenvalue weighted by atomic mass is 10.0. The van der Waals surface area contributed by atoms with E-state index in [0.29, 0.717) is 5.82 Å². The Hall–Kier alpha value is -2.37. The highest BCUT2D eigenvalue weighted by atomic mass is 16.4. The fourth-order valence-electron chi connectivity index (χ4n) is 1.83. The van der Waals surface area contributed by atoms with E-state index in [9.17, 15) is 9.90 Å². The molecule has 0 aliphatic rings. The third-order valence-corrected chi connectivity index (χ3v) is 3.26. The van der Waals surface area contributed by atoms with Crippen molar-refractivity contribution >= 4 is 22.6 Å². The topological polar surface area (TPSA) is 87.8 Å². The number of aliphatic carboxylic acids is 1. The molecule has 2 unspecified atom stereocenters. The average Bonchev–Trinajstić information content (AvgIpc) is 2.47. The molecule has 0 radical (unpaired) electrons. The zero-order valence-electron chi connectivity index (χ0n) is 11.4. The van der Waals surface area contributed by atoms with Gasteiger partial charge in [0.25, 0.3) is 0 Å². The van der Waals surface area contributed by atoms with Gasteiger partial charge < -0.3 is 5.11 Å². The number of hydrogen-bond donors (Lipinski definition) is 1. The van der Waals surface area contributed by atoms with Gasteiger partial charge in [-0.2, -0.15) is 10.2 Å². The van der Waals surface area contributed by atoms with Gasteiger partial charge in [-0.25, -0.2) is 4.79 Å². The number of azo groups is 1. The zero-order chi connectivity index (χ0) is 14.5. The van der Waals surface area contributed by atoms with Crippen LogP contribution in [-0.4, -0.2) is 27.3 Å². The van der Waals surface area contributed by atoms with E-state index in [-0.39, 0.29) is 5.92 Å². The van der Waals surface area contributed by atoms with Crippen LogP contribution in [0.1, 0.15) is 20.3 Å². The van der Waals surface area contributed by atoms with Gasteiger partial charge in [0.2, 0.25) is 5.82 Å². The van der Waals surface area contributed by atoms with Crippen LogP contribution in [0, 0.1) is 5.92 Å². The summed E-state index contributed by atoms with van der Waals surface area (Å²) in [6, 6.07) is 6.65. The van der Waals surface area contributed by atoms with Gasteiger partial charge in [0, 0.05) is 10.8 Å². The molecule has 2 atom stereocenters. The van der Waals surface area contributed by atoms with Gasteiger partial charge in [-0.3, -0.25) is 0 Å². The van der Waals surface area contributed by atoms with Gasteiger partial charge in [0.1, 0.15) is 0 Å². The molecule has 1 aromatic heterocycles. The minimum Gasteiger partial charge on any atom is -0.480 e. The second-order valence-corrected chi connectivity index (χ2v) is 4.64. The molecule has 0 aliphatic heterocycles. The van der Waals surface area contributed by atoms with Gasteiger partial charge in [0.05, 0.1) is 6.20 Å². The van der Waals surface area contributed by atoms with E-state index in [2.05, 4.69) is 20.4 Å². The first-order valence-electron chi connectivity index (χ1n) is 6.47. The lowest BCUT2D eigenvalue weighted by Crippen LogP contribution is -2.24. The maximum atomic E-state index is 11.2. The first-order chi connectivity index (χ1) is 9.63. The summed E-state index contributed by atoms with van der Waals surface area (Å²) in [5.74, 6) is -0.715. The Morgan fingerprint density at radius 3 is 2.85 bits per heavy atom. The number of carbonyl (C=O) groups is 1. The highest BCUT2D eigenvalue weighted by Gasteiger charge is 2.23. The summed E-state index contributed by atoms with van der Waals surface area (Å²) in [4.78, 5) is 11.2. The number of nitrogens with zero attached hydrogens (tertiary/aromatic N) is 4. The molecule has 0 saturated carbocycles. The Morgan fingerprint density at radius 1 is 1.40 bits per heavy atom. The summed E-state index contributed by atoms with van der Waals surface area (Å²) in [6.45, 7) is 3.76. The summed E-state index contributed by atoms with van der Waals surface area (Å²) in [6.07, 6.45) is 2.36. The maximum Gasteiger partial charge on any atom is 0.330 e. The van der Waals surface area contributed by atoms with Gasteiger partial charge in [0.15, 0.2) is 6.04 Å². The van der Waals surface area contributed by atoms with Crippen molar-refractivity contribution in [2.45, 2.75) is 26.3 Å². The van der Waals surface area contributed by atoms with Crippen LogP contribution in [0.4, 0.5) is 5.82 Å². The Balaban J connectivity index is 2.35. The van der Waals surface area contributed by atoms with E-state index in [4.69, 9.17) is 0 Å². The van der Waals surface area contributed by atoms with Crippen molar-refractivity contribution in [2.75, 3.05) is 0 Å². The lowest BCUT2D eigenvalue weighted by molar-refractivity contribution is -0.139. The summed E-state index contributed by atoms with van der Waals surface area (Å²) in [5, 5.41) is 26.6. The standard InChI is InChI=1S/C14H16N4O2/c1-3-9(2)12(14(19)20)16-18-13-11-7-5-4-6-10(11)8-15-17-13/h4-9,12H,3H2,1-2H3,(H,19,20). The van der Waals surface area contributed by atoms with Crippen LogP contribution in [-0.2, 0) is 4.79 Å². The molecule has 1 heterocycles. The van der Waals surface area contributed by atoms with Crippen molar-refractivity contribution < 1.29 is 9.90 Å². The molecule has 6 heteroatoms. The van der Waals surface area contributed by atoms with E-state index in [1.807, 2.05) is 38.1 Å². The van der Waals surface area contributed by atoms with Crippen LogP contribution in [0.25, 0.3) is 10.8 Å². The Kier molecular flexibility index (Phi) is 4.34. The third-order valence-electron chi connectivity index (χ3n) is 3.26. The molecule has 0 amide bonds. The minimum absolute atomic E-state index is 0.0841. The first-order valence-corrected chi connectivity index (χ1v) is 6.47. The quantitative estimate of drug-likeness (QED) is 0.846. The SMILES string of the molecule is CCC(C)C(N=Nc1nncc2ccccc12)C(=O)O. The third kappa shape index (κ3) is 2.96. The smallest absolute Gasteiger partial charge is 0.330 e. The molecule has 6 nitrogen and oxygen atoms in total. The van der Waals surface area contributed by atoms with Crippen molar-refractivity contribution in [3.8, 4) is 0 Å². The first kappa shape index (κ1) is 14.0. The maximum absolute atomic E-state index is 11.2. The van der Waals surface area contributed by atoms with E-state index < -0.39 is 12.0 Å². The fraction of sp³-hybridized carbons (Fsp3) is 0.357. The van der Waals surface area contributed by atoms with Crippen LogP contribution in [0.3, 0.4) is 0 Å². The molecule has 0 spiro atoms. The molecule has 2 rings (SSSR count). The largest absolute Gasteiger partial charge is 0.480 e. The molecule has 1 aromatic carbocycles. The van der Waals surface area contributed by atoms with E-state index >= 15 is 0 Å². The van der Waals surface area contributed by atoms with Crippen molar-refractivity contribution in [3.05, 3.63) is 30.5 Å². The van der Waals surface area contributed by atoms with Crippen molar-refractivity contribution in [2.24, 2.45) is 16.1 Å². The lowest BCUT2D eigenvalue weighted by Gasteiger charge is -2.12. The van der Waals surface area contributed by atoms with Gasteiger partial charge in [-0.15, -0.1) is 10.2 Å². The fourth-order valence-corrected chi connectivity index (χ4v) is 1.83. The Bertz CT molecular complexity index is 637. The van der Waals surface area contributed by atoms with E-state index in [1.54, 1.807) is 6.20 Å². The molecular formula is C14H16N4O2. The number of hydrogen-bond acceptors (Lipinski definition) is 5. The highest BCUT2D eigenvalue weighted by molar-refractivity contribution is 5.89. The van der Waals surface area contributed by atoms with Gasteiger partial charge >= 0.3 is 5.97 Å². The molecule has 0 bridgehead atoms. The Labute approximate surface area is 116 Å². The minimum atomic E-state index is -0.976. The van der Waals surface area contributed by atoms with Crippen molar-refractivity contribution in [1.82, 2.24) is 10.2 Å². The van der Waals surface area contributed by atoms with E-state index in [0.717, 1.165) is 17.2 Å². The van der Waals surface area contributed by atoms with Crippen LogP contribution in [0.15, 0.2) is 40.7 Å². The molecule has 2 aromatic rings. The van der Waals surface area contributed by atoms with Gasteiger partial charge in [-0.1, -0.05) is 44.5 Å². The van der Waals surface area contributed by atoms with Crippen molar-refractivity contribution in [1.29, 1.82) is 0 Å². The van der Waals surface area contributed by atoms with Crippen LogP contribution in [0.5, 0.6) is 0 Å². The van der Waals surface area contributed by atoms with Crippen LogP contribution < -0.4 is 0 Å². The average molecular weight is 272 g/mol. The second-order valence-electron chi connectivity index (χ2n) is 4.64. The predicted molar refractivity (Wildman–Crippen MR) is 74.9 cm³/mol. The van der Waals surface area contributed by atoms with E-state index in [1.165, 1.54) is 0 Å². The predicted octanol–water partition coefficient (Wildman–Crippen LogP) is 3.21. The number of carboxylic acids is 1. The zero-order valence-corrected chi connectivity index (χ0v) is 11.4. The number of rotatable bonds is 5. The monoisotopic (exact) mass is 272 g/mol. The molecule has 1 N–H and O–H groups in total. The summed E-state index contributed by atoms with van der Waals surface area (Å²) in [5.41, 5.74) is 0. The molecule has 0 fully saturated rings. The molecule has 0 aliphatic carbocycles. The molecule has 0 saturated heterocycles. The Morgan fingerprint density at radius 2 is 2.15 bits per heavy atom. The summed E-state index contributed by atoms with van der Waals surface area (Å²) >= 11 is 0. The second kappa shape index (κ2) is 6.18. The van der Waals surface area contributed by atoms with Crippen LogP contribution in [0.2, 0.25) is 0 Å². The summed E-state index contributed by atoms with van der Waals surface area (Å²) in [7, 11) is 0. The molecular weight excluding hydrogens is 256 g/mol. The van der Waals surface area contributed by atoms with Gasteiger partial charge in [-0.05, 0) is 5.92 Å². The number of benzene rings is 1. The molecule has 104 valence electrons. The van der Waals surface area contributed by atoms with Crippen molar-refractivity contribution in [3.63, 3.8) is 0 Å². The number of fused-ring (bicyclic) bond motifs is 1. The molecule has 20 heavy (non-hydrogen) atoms. The number of aromatic nitrogens is 2. The summed E-state index contributed by atoms with van der Waals surface area (Å²) < 4.78 is 0.